The Kier molecular flexibility index (Phi) is 5.48. The van der Waals surface area contributed by atoms with Gasteiger partial charge in [-0.1, -0.05) is 20.3 Å². The Bertz CT molecular complexity index is 854. The summed E-state index contributed by atoms with van der Waals surface area (Å²) >= 11 is 0. The quantitative estimate of drug-likeness (QED) is 0.754. The van der Waals surface area contributed by atoms with E-state index in [-0.39, 0.29) is 17.9 Å². The zero-order valence-electron chi connectivity index (χ0n) is 16.7. The number of nitrogens with zero attached hydrogens (tertiary/aromatic N) is 3. The van der Waals surface area contributed by atoms with Gasteiger partial charge in [-0.25, -0.2) is 14.5 Å². The van der Waals surface area contributed by atoms with E-state index in [1.54, 1.807) is 6.20 Å². The molecule has 0 aromatic carbocycles. The minimum Gasteiger partial charge on any atom is -0.467 e. The van der Waals surface area contributed by atoms with E-state index in [2.05, 4.69) is 10.4 Å². The number of hydrogen-bond donors (Lipinski definition) is 1. The van der Waals surface area contributed by atoms with Crippen molar-refractivity contribution in [3.8, 4) is 0 Å². The first-order valence-corrected chi connectivity index (χ1v) is 9.64. The number of hydrogen-bond acceptors (Lipinski definition) is 5. The highest BCUT2D eigenvalue weighted by Gasteiger charge is 2.31. The van der Waals surface area contributed by atoms with E-state index >= 15 is 0 Å². The molecule has 146 valence electrons. The Morgan fingerprint density at radius 3 is 2.59 bits per heavy atom. The Morgan fingerprint density at radius 1 is 1.33 bits per heavy atom. The third-order valence-corrected chi connectivity index (χ3v) is 5.27. The molecule has 0 spiro atoms. The van der Waals surface area contributed by atoms with Crippen molar-refractivity contribution in [2.75, 3.05) is 7.11 Å². The second-order valence-corrected chi connectivity index (χ2v) is 7.65. The van der Waals surface area contributed by atoms with Crippen molar-refractivity contribution in [3.63, 3.8) is 0 Å². The maximum absolute atomic E-state index is 13.1. The minimum absolute atomic E-state index is 0.0278. The van der Waals surface area contributed by atoms with Gasteiger partial charge in [-0.2, -0.15) is 5.10 Å². The van der Waals surface area contributed by atoms with E-state index in [1.807, 2.05) is 38.4 Å². The maximum Gasteiger partial charge on any atom is 0.328 e. The van der Waals surface area contributed by atoms with Crippen LogP contribution in [0.25, 0.3) is 11.0 Å². The highest BCUT2D eigenvalue weighted by atomic mass is 16.5. The molecule has 7 heteroatoms. The first kappa shape index (κ1) is 19.3. The van der Waals surface area contributed by atoms with Gasteiger partial charge in [0.05, 0.1) is 24.3 Å². The van der Waals surface area contributed by atoms with Crippen molar-refractivity contribution >= 4 is 22.9 Å². The fraction of sp³-hybridized carbons (Fsp3) is 0.600. The lowest BCUT2D eigenvalue weighted by Gasteiger charge is -2.22. The molecule has 1 N–H and O–H groups in total. The molecule has 2 aromatic heterocycles. The SMILES string of the molecule is CCC(C)C(NC(=O)c1cc(C2CC2)nc2c1cnn2C(C)C)C(=O)OC. The van der Waals surface area contributed by atoms with Crippen LogP contribution in [0, 0.1) is 5.92 Å². The van der Waals surface area contributed by atoms with Crippen LogP contribution in [0.2, 0.25) is 0 Å². The van der Waals surface area contributed by atoms with Gasteiger partial charge in [-0.05, 0) is 38.7 Å². The van der Waals surface area contributed by atoms with Crippen molar-refractivity contribution in [3.05, 3.63) is 23.5 Å². The summed E-state index contributed by atoms with van der Waals surface area (Å²) in [5.74, 6) is -0.339. The predicted octanol–water partition coefficient (Wildman–Crippen LogP) is 3.21. The van der Waals surface area contributed by atoms with E-state index in [0.717, 1.165) is 30.6 Å². The summed E-state index contributed by atoms with van der Waals surface area (Å²) in [5.41, 5.74) is 2.16. The molecule has 2 heterocycles. The lowest BCUT2D eigenvalue weighted by atomic mass is 9.98. The lowest BCUT2D eigenvalue weighted by molar-refractivity contribution is -0.144. The second kappa shape index (κ2) is 7.66. The average Bonchev–Trinajstić information content (AvgIpc) is 3.42. The molecular weight excluding hydrogens is 344 g/mol. The highest BCUT2D eigenvalue weighted by molar-refractivity contribution is 6.06. The number of carbonyl (C=O) groups excluding carboxylic acids is 2. The molecule has 0 bridgehead atoms. The fourth-order valence-electron chi connectivity index (χ4n) is 3.21. The van der Waals surface area contributed by atoms with Crippen molar-refractivity contribution in [2.45, 2.75) is 65.0 Å². The molecular formula is C20H28N4O3. The molecule has 27 heavy (non-hydrogen) atoms. The van der Waals surface area contributed by atoms with E-state index in [4.69, 9.17) is 9.72 Å². The average molecular weight is 372 g/mol. The summed E-state index contributed by atoms with van der Waals surface area (Å²) in [4.78, 5) is 30.0. The van der Waals surface area contributed by atoms with Crippen LogP contribution in [0.5, 0.6) is 0 Å². The Morgan fingerprint density at radius 2 is 2.04 bits per heavy atom. The number of carbonyl (C=O) groups is 2. The molecule has 0 radical (unpaired) electrons. The first-order valence-electron chi connectivity index (χ1n) is 9.64. The molecule has 3 rings (SSSR count). The van der Waals surface area contributed by atoms with Gasteiger partial charge in [-0.15, -0.1) is 0 Å². The van der Waals surface area contributed by atoms with Crippen molar-refractivity contribution < 1.29 is 14.3 Å². The molecule has 2 atom stereocenters. The number of amides is 1. The number of rotatable bonds is 7. The van der Waals surface area contributed by atoms with E-state index < -0.39 is 12.0 Å². The highest BCUT2D eigenvalue weighted by Crippen LogP contribution is 2.40. The van der Waals surface area contributed by atoms with Gasteiger partial charge in [0.15, 0.2) is 5.65 Å². The number of aromatic nitrogens is 3. The molecule has 2 unspecified atom stereocenters. The summed E-state index contributed by atoms with van der Waals surface area (Å²) in [6, 6.07) is 1.32. The van der Waals surface area contributed by atoms with E-state index in [1.165, 1.54) is 7.11 Å². The monoisotopic (exact) mass is 372 g/mol. The third kappa shape index (κ3) is 3.82. The van der Waals surface area contributed by atoms with Crippen molar-refractivity contribution in [1.29, 1.82) is 0 Å². The van der Waals surface area contributed by atoms with E-state index in [0.29, 0.717) is 16.9 Å². The van der Waals surface area contributed by atoms with Gasteiger partial charge in [0.1, 0.15) is 6.04 Å². The Hall–Kier alpha value is -2.44. The van der Waals surface area contributed by atoms with Crippen LogP contribution in [-0.4, -0.2) is 39.8 Å². The first-order chi connectivity index (χ1) is 12.9. The van der Waals surface area contributed by atoms with Crippen molar-refractivity contribution in [1.82, 2.24) is 20.1 Å². The number of fused-ring (bicyclic) bond motifs is 1. The summed E-state index contributed by atoms with van der Waals surface area (Å²) < 4.78 is 6.72. The largest absolute Gasteiger partial charge is 0.467 e. The van der Waals surface area contributed by atoms with Crippen molar-refractivity contribution in [2.24, 2.45) is 5.92 Å². The molecule has 1 fully saturated rings. The van der Waals surface area contributed by atoms with Gasteiger partial charge < -0.3 is 10.1 Å². The number of nitrogens with one attached hydrogen (secondary N) is 1. The fourth-order valence-corrected chi connectivity index (χ4v) is 3.21. The van der Waals surface area contributed by atoms with Crippen LogP contribution in [0.3, 0.4) is 0 Å². The number of pyridine rings is 1. The Labute approximate surface area is 159 Å². The number of ether oxygens (including phenoxy) is 1. The zero-order chi connectivity index (χ0) is 19.7. The summed E-state index contributed by atoms with van der Waals surface area (Å²) in [7, 11) is 1.34. The van der Waals surface area contributed by atoms with Gasteiger partial charge in [0, 0.05) is 17.7 Å². The topological polar surface area (TPSA) is 86.1 Å². The van der Waals surface area contributed by atoms with Gasteiger partial charge in [-0.3, -0.25) is 4.79 Å². The van der Waals surface area contributed by atoms with Crippen LogP contribution in [0.4, 0.5) is 0 Å². The standard InChI is InChI=1S/C20H28N4O3/c1-6-12(4)17(20(26)27-5)23-19(25)14-9-16(13-7-8-13)22-18-15(14)10-21-24(18)11(2)3/h9-13,17H,6-8H2,1-5H3,(H,23,25). The third-order valence-electron chi connectivity index (χ3n) is 5.27. The van der Waals surface area contributed by atoms with E-state index in [9.17, 15) is 9.59 Å². The van der Waals surface area contributed by atoms with Crippen LogP contribution in [0.15, 0.2) is 12.3 Å². The molecule has 2 aromatic rings. The molecule has 0 saturated heterocycles. The van der Waals surface area contributed by atoms with Crippen LogP contribution in [0.1, 0.15) is 75.0 Å². The predicted molar refractivity (Wildman–Crippen MR) is 103 cm³/mol. The number of methoxy groups -OCH3 is 1. The Balaban J connectivity index is 2.01. The van der Waals surface area contributed by atoms with Gasteiger partial charge in [0.25, 0.3) is 5.91 Å². The molecule has 7 nitrogen and oxygen atoms in total. The number of esters is 1. The molecule has 1 aliphatic rings. The summed E-state index contributed by atoms with van der Waals surface area (Å²) in [6.45, 7) is 7.98. The molecule has 1 amide bonds. The maximum atomic E-state index is 13.1. The normalized spacial score (nSPS) is 16.4. The van der Waals surface area contributed by atoms with Gasteiger partial charge >= 0.3 is 5.97 Å². The molecule has 1 aliphatic carbocycles. The minimum atomic E-state index is -0.680. The molecule has 1 saturated carbocycles. The van der Waals surface area contributed by atoms with Crippen LogP contribution in [-0.2, 0) is 9.53 Å². The summed E-state index contributed by atoms with van der Waals surface area (Å²) in [6.07, 6.45) is 4.62. The smallest absolute Gasteiger partial charge is 0.328 e. The van der Waals surface area contributed by atoms with Crippen LogP contribution < -0.4 is 5.32 Å². The zero-order valence-corrected chi connectivity index (χ0v) is 16.7. The molecule has 0 aliphatic heterocycles. The second-order valence-electron chi connectivity index (χ2n) is 7.65. The van der Waals surface area contributed by atoms with Gasteiger partial charge in [0.2, 0.25) is 0 Å². The summed E-state index contributed by atoms with van der Waals surface area (Å²) in [5, 5.41) is 8.00. The lowest BCUT2D eigenvalue weighted by Crippen LogP contribution is -2.45. The van der Waals surface area contributed by atoms with Crippen LogP contribution >= 0.6 is 0 Å².